The number of alkyl halides is 1. The van der Waals surface area contributed by atoms with Gasteiger partial charge in [-0.2, -0.15) is 0 Å². The first-order valence-corrected chi connectivity index (χ1v) is 6.44. The molecule has 2 rings (SSSR count). The topological polar surface area (TPSA) is 55.6 Å². The van der Waals surface area contributed by atoms with Gasteiger partial charge >= 0.3 is 6.09 Å². The SMILES string of the molecule is CC(C)(C)OC(=O)N1CCc2onc(CCl)c2C1. The highest BCUT2D eigenvalue weighted by atomic mass is 35.5. The second kappa shape index (κ2) is 4.80. The summed E-state index contributed by atoms with van der Waals surface area (Å²) in [5.74, 6) is 1.12. The number of carbonyl (C=O) groups is 1. The molecule has 0 saturated carbocycles. The Morgan fingerprint density at radius 3 is 2.89 bits per heavy atom. The van der Waals surface area contributed by atoms with Crippen LogP contribution in [-0.4, -0.2) is 28.3 Å². The van der Waals surface area contributed by atoms with E-state index in [1.807, 2.05) is 20.8 Å². The van der Waals surface area contributed by atoms with Gasteiger partial charge in [0.1, 0.15) is 17.1 Å². The van der Waals surface area contributed by atoms with Gasteiger partial charge in [-0.1, -0.05) is 5.16 Å². The summed E-state index contributed by atoms with van der Waals surface area (Å²) in [5.41, 5.74) is 1.14. The first-order valence-electron chi connectivity index (χ1n) is 5.91. The highest BCUT2D eigenvalue weighted by molar-refractivity contribution is 6.17. The maximum absolute atomic E-state index is 12.0. The first kappa shape index (κ1) is 13.2. The van der Waals surface area contributed by atoms with Gasteiger partial charge in [0.05, 0.1) is 12.4 Å². The zero-order valence-corrected chi connectivity index (χ0v) is 11.6. The van der Waals surface area contributed by atoms with Crippen molar-refractivity contribution >= 4 is 17.7 Å². The molecule has 18 heavy (non-hydrogen) atoms. The number of carbonyl (C=O) groups excluding carboxylic acids is 1. The van der Waals surface area contributed by atoms with Gasteiger partial charge in [-0.3, -0.25) is 0 Å². The molecule has 0 aliphatic carbocycles. The van der Waals surface area contributed by atoms with Crippen molar-refractivity contribution < 1.29 is 14.1 Å². The minimum absolute atomic E-state index is 0.293. The smallest absolute Gasteiger partial charge is 0.410 e. The Morgan fingerprint density at radius 1 is 1.56 bits per heavy atom. The quantitative estimate of drug-likeness (QED) is 0.738. The summed E-state index contributed by atoms with van der Waals surface area (Å²) in [6.45, 7) is 6.59. The summed E-state index contributed by atoms with van der Waals surface area (Å²) < 4.78 is 10.5. The van der Waals surface area contributed by atoms with Crippen LogP contribution in [0.25, 0.3) is 0 Å². The Kier molecular flexibility index (Phi) is 3.52. The number of fused-ring (bicyclic) bond motifs is 1. The predicted octanol–water partition coefficient (Wildman–Crippen LogP) is 2.71. The Hall–Kier alpha value is -1.23. The Balaban J connectivity index is 2.09. The lowest BCUT2D eigenvalue weighted by molar-refractivity contribution is 0.0218. The fourth-order valence-electron chi connectivity index (χ4n) is 1.85. The van der Waals surface area contributed by atoms with Crippen LogP contribution < -0.4 is 0 Å². The molecular weight excluding hydrogens is 256 g/mol. The summed E-state index contributed by atoms with van der Waals surface area (Å²) >= 11 is 5.78. The van der Waals surface area contributed by atoms with Crippen LogP contribution in [0.4, 0.5) is 4.79 Å². The van der Waals surface area contributed by atoms with Crippen molar-refractivity contribution in [2.45, 2.75) is 45.2 Å². The van der Waals surface area contributed by atoms with Crippen molar-refractivity contribution in [2.24, 2.45) is 0 Å². The van der Waals surface area contributed by atoms with Crippen molar-refractivity contribution in [2.75, 3.05) is 6.54 Å². The van der Waals surface area contributed by atoms with Crippen LogP contribution in [0, 0.1) is 0 Å². The number of ether oxygens (including phenoxy) is 1. The van der Waals surface area contributed by atoms with E-state index in [-0.39, 0.29) is 6.09 Å². The molecule has 1 aliphatic heterocycles. The lowest BCUT2D eigenvalue weighted by atomic mass is 10.1. The molecule has 0 spiro atoms. The van der Waals surface area contributed by atoms with E-state index >= 15 is 0 Å². The maximum Gasteiger partial charge on any atom is 0.410 e. The molecule has 100 valence electrons. The fraction of sp³-hybridized carbons (Fsp3) is 0.667. The first-order chi connectivity index (χ1) is 8.40. The molecule has 1 aliphatic rings. The van der Waals surface area contributed by atoms with Crippen molar-refractivity contribution in [3.05, 3.63) is 17.0 Å². The van der Waals surface area contributed by atoms with E-state index in [1.165, 1.54) is 0 Å². The summed E-state index contributed by atoms with van der Waals surface area (Å²) in [4.78, 5) is 13.6. The molecular formula is C12H17ClN2O3. The third-order valence-corrected chi connectivity index (χ3v) is 2.94. The lowest BCUT2D eigenvalue weighted by Gasteiger charge is -2.29. The summed E-state index contributed by atoms with van der Waals surface area (Å²) in [6.07, 6.45) is 0.341. The van der Waals surface area contributed by atoms with E-state index in [1.54, 1.807) is 4.90 Å². The number of nitrogens with zero attached hydrogens (tertiary/aromatic N) is 2. The normalized spacial score (nSPS) is 15.4. The van der Waals surface area contributed by atoms with Crippen LogP contribution in [0.3, 0.4) is 0 Å². The van der Waals surface area contributed by atoms with Gasteiger partial charge in [-0.05, 0) is 20.8 Å². The monoisotopic (exact) mass is 272 g/mol. The van der Waals surface area contributed by atoms with Gasteiger partial charge in [0.2, 0.25) is 0 Å². The molecule has 0 bridgehead atoms. The average molecular weight is 273 g/mol. The molecule has 6 heteroatoms. The number of rotatable bonds is 1. The predicted molar refractivity (Wildman–Crippen MR) is 66.4 cm³/mol. The minimum atomic E-state index is -0.485. The number of hydrogen-bond donors (Lipinski definition) is 0. The third kappa shape index (κ3) is 2.77. The summed E-state index contributed by atoms with van der Waals surface area (Å²) in [5, 5.41) is 3.90. The molecule has 1 amide bonds. The Bertz CT molecular complexity index is 437. The molecule has 0 unspecified atom stereocenters. The van der Waals surface area contributed by atoms with E-state index in [9.17, 15) is 4.79 Å². The molecule has 1 aromatic heterocycles. The molecule has 5 nitrogen and oxygen atoms in total. The number of amides is 1. The molecule has 0 fully saturated rings. The van der Waals surface area contributed by atoms with E-state index in [0.717, 1.165) is 11.3 Å². The van der Waals surface area contributed by atoms with Crippen molar-refractivity contribution in [3.8, 4) is 0 Å². The van der Waals surface area contributed by atoms with Gasteiger partial charge in [0, 0.05) is 18.5 Å². The van der Waals surface area contributed by atoms with Gasteiger partial charge in [0.15, 0.2) is 0 Å². The van der Waals surface area contributed by atoms with Gasteiger partial charge in [-0.25, -0.2) is 4.79 Å². The fourth-order valence-corrected chi connectivity index (χ4v) is 2.06. The zero-order chi connectivity index (χ0) is 13.3. The molecule has 0 N–H and O–H groups in total. The third-order valence-electron chi connectivity index (χ3n) is 2.69. The number of aromatic nitrogens is 1. The van der Waals surface area contributed by atoms with Gasteiger partial charge in [-0.15, -0.1) is 11.6 Å². The number of halogens is 1. The summed E-state index contributed by atoms with van der Waals surface area (Å²) in [6, 6.07) is 0. The van der Waals surface area contributed by atoms with Crippen LogP contribution in [0.5, 0.6) is 0 Å². The molecule has 0 aromatic carbocycles. The lowest BCUT2D eigenvalue weighted by Crippen LogP contribution is -2.39. The Labute approximate surface area is 111 Å². The number of hydrogen-bond acceptors (Lipinski definition) is 4. The molecule has 0 radical (unpaired) electrons. The second-order valence-electron chi connectivity index (χ2n) is 5.32. The largest absolute Gasteiger partial charge is 0.444 e. The van der Waals surface area contributed by atoms with Gasteiger partial charge < -0.3 is 14.2 Å². The van der Waals surface area contributed by atoms with E-state index in [2.05, 4.69) is 5.16 Å². The van der Waals surface area contributed by atoms with Gasteiger partial charge in [0.25, 0.3) is 0 Å². The van der Waals surface area contributed by atoms with Crippen LogP contribution in [0.15, 0.2) is 4.52 Å². The molecule has 1 aromatic rings. The van der Waals surface area contributed by atoms with E-state index in [0.29, 0.717) is 31.1 Å². The minimum Gasteiger partial charge on any atom is -0.444 e. The highest BCUT2D eigenvalue weighted by Crippen LogP contribution is 2.24. The Morgan fingerprint density at radius 2 is 2.28 bits per heavy atom. The van der Waals surface area contributed by atoms with Crippen LogP contribution in [0.2, 0.25) is 0 Å². The van der Waals surface area contributed by atoms with E-state index < -0.39 is 5.60 Å². The summed E-state index contributed by atoms with van der Waals surface area (Å²) in [7, 11) is 0. The second-order valence-corrected chi connectivity index (χ2v) is 5.58. The van der Waals surface area contributed by atoms with Crippen LogP contribution in [0.1, 0.15) is 37.8 Å². The molecule has 0 saturated heterocycles. The van der Waals surface area contributed by atoms with Crippen LogP contribution in [-0.2, 0) is 23.6 Å². The van der Waals surface area contributed by atoms with Crippen molar-refractivity contribution in [1.29, 1.82) is 0 Å². The average Bonchev–Trinajstić information content (AvgIpc) is 2.68. The molecule has 0 atom stereocenters. The highest BCUT2D eigenvalue weighted by Gasteiger charge is 2.29. The van der Waals surface area contributed by atoms with Crippen molar-refractivity contribution in [1.82, 2.24) is 10.1 Å². The van der Waals surface area contributed by atoms with E-state index in [4.69, 9.17) is 20.9 Å². The molecule has 2 heterocycles. The zero-order valence-electron chi connectivity index (χ0n) is 10.8. The standard InChI is InChI=1S/C12H17ClN2O3/c1-12(2,3)17-11(16)15-5-4-10-8(7-15)9(6-13)14-18-10/h4-7H2,1-3H3. The van der Waals surface area contributed by atoms with Crippen LogP contribution >= 0.6 is 11.6 Å². The maximum atomic E-state index is 12.0. The van der Waals surface area contributed by atoms with Crippen molar-refractivity contribution in [3.63, 3.8) is 0 Å².